The van der Waals surface area contributed by atoms with Crippen LogP contribution in [0, 0.1) is 0 Å². The maximum Gasteiger partial charge on any atom is 0.248 e. The van der Waals surface area contributed by atoms with Gasteiger partial charge in [-0.15, -0.1) is 11.3 Å². The Labute approximate surface area is 165 Å². The largest absolute Gasteiger partial charge is 0.340 e. The van der Waals surface area contributed by atoms with Crippen molar-refractivity contribution in [1.82, 2.24) is 19.5 Å². The molecule has 0 aliphatic carbocycles. The molecule has 0 aliphatic heterocycles. The molecule has 0 saturated carbocycles. The van der Waals surface area contributed by atoms with E-state index in [1.165, 1.54) is 12.4 Å². The van der Waals surface area contributed by atoms with E-state index in [9.17, 15) is 4.79 Å². The van der Waals surface area contributed by atoms with Gasteiger partial charge in [0, 0.05) is 40.8 Å². The minimum Gasteiger partial charge on any atom is -0.340 e. The Morgan fingerprint density at radius 2 is 1.96 bits per heavy atom. The molecular formula is C20H16N6OS. The third kappa shape index (κ3) is 4.49. The van der Waals surface area contributed by atoms with Crippen molar-refractivity contribution in [3.8, 4) is 5.82 Å². The third-order valence-electron chi connectivity index (χ3n) is 3.79. The molecule has 0 unspecified atom stereocenters. The van der Waals surface area contributed by atoms with Gasteiger partial charge in [-0.1, -0.05) is 6.07 Å². The minimum atomic E-state index is -0.171. The van der Waals surface area contributed by atoms with Crippen molar-refractivity contribution in [3.63, 3.8) is 0 Å². The van der Waals surface area contributed by atoms with Crippen LogP contribution in [0.2, 0.25) is 0 Å². The first-order chi connectivity index (χ1) is 13.8. The Hall–Kier alpha value is -3.78. The topological polar surface area (TPSA) is 84.7 Å². The van der Waals surface area contributed by atoms with Crippen molar-refractivity contribution in [2.45, 2.75) is 0 Å². The fraction of sp³-hybridized carbons (Fsp3) is 0. The van der Waals surface area contributed by atoms with E-state index in [2.05, 4.69) is 25.6 Å². The normalized spacial score (nSPS) is 10.9. The number of nitrogens with one attached hydrogen (secondary N) is 2. The number of carbonyl (C=O) groups is 1. The summed E-state index contributed by atoms with van der Waals surface area (Å²) in [5.74, 6) is 1.21. The zero-order valence-corrected chi connectivity index (χ0v) is 15.5. The van der Waals surface area contributed by atoms with E-state index in [0.29, 0.717) is 11.5 Å². The molecule has 7 nitrogen and oxygen atoms in total. The summed E-state index contributed by atoms with van der Waals surface area (Å²) in [5, 5.41) is 8.03. The molecule has 2 N–H and O–H groups in total. The van der Waals surface area contributed by atoms with Crippen molar-refractivity contribution in [3.05, 3.63) is 83.8 Å². The van der Waals surface area contributed by atoms with Crippen LogP contribution in [0.25, 0.3) is 11.9 Å². The van der Waals surface area contributed by atoms with Gasteiger partial charge in [0.05, 0.1) is 0 Å². The average Bonchev–Trinajstić information content (AvgIpc) is 3.42. The lowest BCUT2D eigenvalue weighted by molar-refractivity contribution is -0.111. The van der Waals surface area contributed by atoms with Crippen molar-refractivity contribution in [2.75, 3.05) is 10.6 Å². The smallest absolute Gasteiger partial charge is 0.248 e. The van der Waals surface area contributed by atoms with Gasteiger partial charge in [-0.25, -0.2) is 15.0 Å². The predicted octanol–water partition coefficient (Wildman–Crippen LogP) is 4.12. The summed E-state index contributed by atoms with van der Waals surface area (Å²) in [5.41, 5.74) is 1.57. The highest BCUT2D eigenvalue weighted by Gasteiger charge is 2.03. The van der Waals surface area contributed by atoms with Crippen molar-refractivity contribution >= 4 is 40.5 Å². The molecule has 8 heteroatoms. The summed E-state index contributed by atoms with van der Waals surface area (Å²) in [4.78, 5) is 25.5. The summed E-state index contributed by atoms with van der Waals surface area (Å²) < 4.78 is 1.80. The van der Waals surface area contributed by atoms with Crippen LogP contribution in [-0.2, 0) is 4.79 Å². The molecule has 138 valence electrons. The fourth-order valence-corrected chi connectivity index (χ4v) is 3.08. The maximum absolute atomic E-state index is 12.0. The number of carbonyl (C=O) groups excluding carboxylic acids is 1. The lowest BCUT2D eigenvalue weighted by Gasteiger charge is -2.08. The van der Waals surface area contributed by atoms with Gasteiger partial charge >= 0.3 is 0 Å². The Kier molecular flexibility index (Phi) is 5.21. The van der Waals surface area contributed by atoms with Gasteiger partial charge in [-0.2, -0.15) is 0 Å². The van der Waals surface area contributed by atoms with E-state index in [0.717, 1.165) is 16.4 Å². The lowest BCUT2D eigenvalue weighted by Crippen LogP contribution is -2.07. The minimum absolute atomic E-state index is 0.171. The number of amides is 1. The van der Waals surface area contributed by atoms with Crippen LogP contribution in [0.1, 0.15) is 4.88 Å². The Bertz CT molecular complexity index is 1070. The zero-order valence-electron chi connectivity index (χ0n) is 14.7. The van der Waals surface area contributed by atoms with Crippen LogP contribution >= 0.6 is 11.3 Å². The molecule has 4 rings (SSSR count). The zero-order chi connectivity index (χ0) is 19.2. The second kappa shape index (κ2) is 8.28. The molecule has 28 heavy (non-hydrogen) atoms. The summed E-state index contributed by atoms with van der Waals surface area (Å²) >= 11 is 1.58. The van der Waals surface area contributed by atoms with Crippen LogP contribution in [0.4, 0.5) is 17.2 Å². The molecule has 1 amide bonds. The number of benzene rings is 1. The summed E-state index contributed by atoms with van der Waals surface area (Å²) in [6, 6.07) is 13.1. The fourth-order valence-electron chi connectivity index (χ4n) is 2.46. The highest BCUT2D eigenvalue weighted by Crippen LogP contribution is 2.19. The van der Waals surface area contributed by atoms with E-state index in [1.54, 1.807) is 34.5 Å². The molecule has 0 saturated heterocycles. The van der Waals surface area contributed by atoms with Gasteiger partial charge in [-0.05, 0) is 41.8 Å². The molecule has 4 aromatic rings. The number of aromatic nitrogens is 4. The standard InChI is InChI=1S/C20H16N6OS/c27-20(8-7-17-2-1-11-28-17)25-16-5-3-15(4-6-16)24-18-12-19(23-13-22-18)26-10-9-21-14-26/h1-14H,(H,25,27)(H,22,23,24)/b8-7+. The van der Waals surface area contributed by atoms with Crippen molar-refractivity contribution < 1.29 is 4.79 Å². The summed E-state index contributed by atoms with van der Waals surface area (Å²) in [6.07, 6.45) is 10.00. The Morgan fingerprint density at radius 1 is 1.11 bits per heavy atom. The SMILES string of the molecule is O=C(/C=C/c1cccs1)Nc1ccc(Nc2cc(-n3ccnc3)ncn2)cc1. The van der Waals surface area contributed by atoms with E-state index >= 15 is 0 Å². The number of anilines is 3. The van der Waals surface area contributed by atoms with E-state index in [4.69, 9.17) is 0 Å². The highest BCUT2D eigenvalue weighted by molar-refractivity contribution is 7.10. The highest BCUT2D eigenvalue weighted by atomic mass is 32.1. The van der Waals surface area contributed by atoms with Gasteiger partial charge < -0.3 is 10.6 Å². The monoisotopic (exact) mass is 388 g/mol. The van der Waals surface area contributed by atoms with Gasteiger partial charge in [-0.3, -0.25) is 9.36 Å². The molecule has 0 fully saturated rings. The number of nitrogens with zero attached hydrogens (tertiary/aromatic N) is 4. The van der Waals surface area contributed by atoms with Crippen LogP contribution in [0.15, 0.2) is 79.0 Å². The number of thiophene rings is 1. The van der Waals surface area contributed by atoms with Gasteiger partial charge in [0.2, 0.25) is 5.91 Å². The number of imidazole rings is 1. The van der Waals surface area contributed by atoms with Gasteiger partial charge in [0.1, 0.15) is 24.3 Å². The molecule has 0 atom stereocenters. The first kappa shape index (κ1) is 17.6. The van der Waals surface area contributed by atoms with Crippen LogP contribution in [0.5, 0.6) is 0 Å². The average molecular weight is 388 g/mol. The third-order valence-corrected chi connectivity index (χ3v) is 4.63. The Balaban J connectivity index is 1.38. The first-order valence-corrected chi connectivity index (χ1v) is 9.34. The van der Waals surface area contributed by atoms with Gasteiger partial charge in [0.15, 0.2) is 0 Å². The van der Waals surface area contributed by atoms with Crippen molar-refractivity contribution in [2.24, 2.45) is 0 Å². The van der Waals surface area contributed by atoms with Crippen LogP contribution < -0.4 is 10.6 Å². The van der Waals surface area contributed by atoms with E-state index in [1.807, 2.05) is 54.0 Å². The Morgan fingerprint density at radius 3 is 2.71 bits per heavy atom. The van der Waals surface area contributed by atoms with Crippen molar-refractivity contribution in [1.29, 1.82) is 0 Å². The van der Waals surface area contributed by atoms with Crippen LogP contribution in [-0.4, -0.2) is 25.4 Å². The predicted molar refractivity (Wildman–Crippen MR) is 111 cm³/mol. The quantitative estimate of drug-likeness (QED) is 0.486. The van der Waals surface area contributed by atoms with E-state index < -0.39 is 0 Å². The maximum atomic E-state index is 12.0. The number of rotatable bonds is 6. The molecule has 0 radical (unpaired) electrons. The molecule has 1 aromatic carbocycles. The molecule has 0 aliphatic rings. The molecular weight excluding hydrogens is 372 g/mol. The number of hydrogen-bond acceptors (Lipinski definition) is 6. The molecule has 0 bridgehead atoms. The van der Waals surface area contributed by atoms with Crippen LogP contribution in [0.3, 0.4) is 0 Å². The second-order valence-corrected chi connectivity index (χ2v) is 6.75. The van der Waals surface area contributed by atoms with E-state index in [-0.39, 0.29) is 5.91 Å². The summed E-state index contributed by atoms with van der Waals surface area (Å²) in [6.45, 7) is 0. The first-order valence-electron chi connectivity index (χ1n) is 8.46. The molecule has 3 aromatic heterocycles. The lowest BCUT2D eigenvalue weighted by atomic mass is 10.2. The summed E-state index contributed by atoms with van der Waals surface area (Å²) in [7, 11) is 0. The van der Waals surface area contributed by atoms with Gasteiger partial charge in [0.25, 0.3) is 0 Å². The second-order valence-electron chi connectivity index (χ2n) is 5.77. The number of hydrogen-bond donors (Lipinski definition) is 2. The molecule has 0 spiro atoms. The molecule has 3 heterocycles.